The monoisotopic (exact) mass is 462 g/mol. The van der Waals surface area contributed by atoms with E-state index >= 15 is 0 Å². The topological polar surface area (TPSA) is 105 Å². The molecule has 3 aromatic rings. The van der Waals surface area contributed by atoms with E-state index in [4.69, 9.17) is 29.5 Å². The number of nitrogens with two attached hydrogens (primary N) is 1. The van der Waals surface area contributed by atoms with Crippen LogP contribution in [0.3, 0.4) is 0 Å². The molecule has 0 radical (unpaired) electrons. The summed E-state index contributed by atoms with van der Waals surface area (Å²) in [5.41, 5.74) is 7.04. The van der Waals surface area contributed by atoms with Crippen LogP contribution in [0.25, 0.3) is 11.5 Å². The molecule has 2 aromatic carbocycles. The Balaban J connectivity index is 1.61. The maximum atomic E-state index is 6.53. The van der Waals surface area contributed by atoms with Gasteiger partial charge in [-0.15, -0.1) is 0 Å². The molecule has 2 heterocycles. The fourth-order valence-corrected chi connectivity index (χ4v) is 4.31. The Morgan fingerprint density at radius 2 is 1.82 bits per heavy atom. The van der Waals surface area contributed by atoms with Crippen LogP contribution in [-0.2, 0) is 6.42 Å². The predicted octanol–water partition coefficient (Wildman–Crippen LogP) is 4.90. The van der Waals surface area contributed by atoms with Crippen LogP contribution in [0.5, 0.6) is 17.5 Å². The van der Waals surface area contributed by atoms with Gasteiger partial charge in [0.15, 0.2) is 11.5 Å². The third kappa shape index (κ3) is 4.48. The summed E-state index contributed by atoms with van der Waals surface area (Å²) in [7, 11) is 3.26. The summed E-state index contributed by atoms with van der Waals surface area (Å²) in [6.45, 7) is 4.15. The highest BCUT2D eigenvalue weighted by molar-refractivity contribution is 5.75. The molecule has 2 atom stereocenters. The second-order valence-electron chi connectivity index (χ2n) is 8.43. The predicted molar refractivity (Wildman–Crippen MR) is 132 cm³/mol. The Bertz CT molecular complexity index is 1170. The summed E-state index contributed by atoms with van der Waals surface area (Å²) < 4.78 is 22.8. The lowest BCUT2D eigenvalue weighted by Gasteiger charge is -2.42. The van der Waals surface area contributed by atoms with Crippen molar-refractivity contribution in [3.63, 3.8) is 0 Å². The zero-order valence-electron chi connectivity index (χ0n) is 19.9. The summed E-state index contributed by atoms with van der Waals surface area (Å²) >= 11 is 0. The Morgan fingerprint density at radius 1 is 1.06 bits per heavy atom. The fraction of sp³-hybridized carbons (Fsp3) is 0.346. The molecule has 0 saturated carbocycles. The van der Waals surface area contributed by atoms with Crippen molar-refractivity contribution < 1.29 is 18.7 Å². The van der Waals surface area contributed by atoms with Gasteiger partial charge in [-0.2, -0.15) is 4.98 Å². The zero-order valence-corrected chi connectivity index (χ0v) is 19.9. The van der Waals surface area contributed by atoms with Crippen LogP contribution >= 0.6 is 0 Å². The van der Waals surface area contributed by atoms with E-state index in [0.717, 1.165) is 17.5 Å². The lowest BCUT2D eigenvalue weighted by Crippen LogP contribution is -2.53. The van der Waals surface area contributed by atoms with E-state index in [-0.39, 0.29) is 6.01 Å². The second-order valence-corrected chi connectivity index (χ2v) is 8.43. The van der Waals surface area contributed by atoms with Crippen molar-refractivity contribution >= 4 is 11.9 Å². The molecule has 1 aromatic heterocycles. The standard InChI is InChI=1S/C26H30N4O4/c1-5-26(25(2)14-6-16-28-25,15-13-18-7-12-21(31-3)22(17-18)32-4)33-24-29-23(34-30-24)19-8-10-20(27)11-9-19/h6-12,14,16-17H,5,13,15,27H2,1-4H3. The minimum Gasteiger partial charge on any atom is -0.493 e. The highest BCUT2D eigenvalue weighted by atomic mass is 16.6. The zero-order chi connectivity index (χ0) is 24.2. The van der Waals surface area contributed by atoms with E-state index in [2.05, 4.69) is 30.1 Å². The number of rotatable bonds is 10. The number of ether oxygens (including phenoxy) is 3. The van der Waals surface area contributed by atoms with Crippen LogP contribution in [0.15, 0.2) is 64.1 Å². The molecule has 0 amide bonds. The van der Waals surface area contributed by atoms with Gasteiger partial charge in [0.2, 0.25) is 0 Å². The Labute approximate surface area is 199 Å². The van der Waals surface area contributed by atoms with Crippen LogP contribution in [0.1, 0.15) is 32.3 Å². The second kappa shape index (κ2) is 9.59. The number of nitrogens with zero attached hydrogens (tertiary/aromatic N) is 3. The van der Waals surface area contributed by atoms with Crippen LogP contribution in [0, 0.1) is 0 Å². The first kappa shape index (κ1) is 23.4. The smallest absolute Gasteiger partial charge is 0.355 e. The van der Waals surface area contributed by atoms with Crippen LogP contribution in [0.4, 0.5) is 5.69 Å². The van der Waals surface area contributed by atoms with Gasteiger partial charge >= 0.3 is 6.01 Å². The molecule has 2 unspecified atom stereocenters. The van der Waals surface area contributed by atoms with Crippen LogP contribution < -0.4 is 19.9 Å². The lowest BCUT2D eigenvalue weighted by molar-refractivity contribution is -0.00275. The highest BCUT2D eigenvalue weighted by Gasteiger charge is 2.49. The molecular formula is C26H30N4O4. The van der Waals surface area contributed by atoms with Gasteiger partial charge in [0.05, 0.1) is 14.2 Å². The summed E-state index contributed by atoms with van der Waals surface area (Å²) in [6, 6.07) is 13.4. The van der Waals surface area contributed by atoms with Gasteiger partial charge in [0.1, 0.15) is 11.1 Å². The number of aliphatic imine (C=N–C) groups is 1. The summed E-state index contributed by atoms with van der Waals surface area (Å²) in [5, 5.41) is 4.10. The Kier molecular flexibility index (Phi) is 6.58. The van der Waals surface area contributed by atoms with E-state index in [1.165, 1.54) is 0 Å². The number of benzene rings is 2. The average Bonchev–Trinajstić information content (AvgIpc) is 3.52. The number of allylic oxidation sites excluding steroid dienone is 1. The molecular weight excluding hydrogens is 432 g/mol. The molecule has 178 valence electrons. The van der Waals surface area contributed by atoms with E-state index in [1.54, 1.807) is 32.6 Å². The van der Waals surface area contributed by atoms with Crippen LogP contribution in [-0.4, -0.2) is 41.7 Å². The normalized spacial score (nSPS) is 18.6. The molecule has 8 nitrogen and oxygen atoms in total. The fourth-order valence-electron chi connectivity index (χ4n) is 4.31. The van der Waals surface area contributed by atoms with Crippen molar-refractivity contribution in [2.24, 2.45) is 4.99 Å². The van der Waals surface area contributed by atoms with Gasteiger partial charge in [0.25, 0.3) is 5.89 Å². The number of aromatic nitrogens is 2. The van der Waals surface area contributed by atoms with Gasteiger partial charge in [-0.3, -0.25) is 4.99 Å². The molecule has 1 aliphatic heterocycles. The minimum atomic E-state index is -0.702. The largest absolute Gasteiger partial charge is 0.493 e. The number of aryl methyl sites for hydroxylation is 1. The molecule has 0 spiro atoms. The maximum Gasteiger partial charge on any atom is 0.355 e. The molecule has 1 aliphatic rings. The van der Waals surface area contributed by atoms with Gasteiger partial charge in [-0.1, -0.05) is 19.1 Å². The van der Waals surface area contributed by atoms with Crippen molar-refractivity contribution in [3.05, 3.63) is 60.2 Å². The lowest BCUT2D eigenvalue weighted by atomic mass is 9.76. The van der Waals surface area contributed by atoms with Crippen LogP contribution in [0.2, 0.25) is 0 Å². The van der Waals surface area contributed by atoms with Gasteiger partial charge < -0.3 is 24.5 Å². The first-order chi connectivity index (χ1) is 16.4. The summed E-state index contributed by atoms with van der Waals surface area (Å²) in [4.78, 5) is 9.25. The molecule has 0 saturated heterocycles. The molecule has 0 bridgehead atoms. The van der Waals surface area contributed by atoms with Crippen molar-refractivity contribution in [1.29, 1.82) is 0 Å². The quantitative estimate of drug-likeness (QED) is 0.427. The third-order valence-electron chi connectivity index (χ3n) is 6.46. The van der Waals surface area contributed by atoms with E-state index in [1.807, 2.05) is 36.4 Å². The number of hydrogen-bond acceptors (Lipinski definition) is 8. The number of nitrogen functional groups attached to an aromatic ring is 1. The third-order valence-corrected chi connectivity index (χ3v) is 6.46. The molecule has 0 aliphatic carbocycles. The number of hydrogen-bond donors (Lipinski definition) is 1. The minimum absolute atomic E-state index is 0.178. The van der Waals surface area contributed by atoms with Gasteiger partial charge in [0, 0.05) is 17.5 Å². The highest BCUT2D eigenvalue weighted by Crippen LogP contribution is 2.41. The first-order valence-electron chi connectivity index (χ1n) is 11.2. The molecule has 8 heteroatoms. The van der Waals surface area contributed by atoms with E-state index in [9.17, 15) is 0 Å². The maximum absolute atomic E-state index is 6.53. The average molecular weight is 463 g/mol. The number of methoxy groups -OCH3 is 2. The SMILES string of the molecule is CCC(CCc1ccc(OC)c(OC)c1)(Oc1noc(-c2ccc(N)cc2)n1)C1(C)C=CC=N1. The van der Waals surface area contributed by atoms with Crippen molar-refractivity contribution in [3.8, 4) is 29.0 Å². The van der Waals surface area contributed by atoms with Gasteiger partial charge in [-0.25, -0.2) is 0 Å². The molecule has 2 N–H and O–H groups in total. The summed E-state index contributed by atoms with van der Waals surface area (Å²) in [5.74, 6) is 1.76. The number of anilines is 1. The van der Waals surface area contributed by atoms with E-state index in [0.29, 0.717) is 35.9 Å². The Morgan fingerprint density at radius 3 is 2.47 bits per heavy atom. The molecule has 34 heavy (non-hydrogen) atoms. The van der Waals surface area contributed by atoms with Crippen molar-refractivity contribution in [1.82, 2.24) is 10.1 Å². The van der Waals surface area contributed by atoms with E-state index < -0.39 is 11.1 Å². The van der Waals surface area contributed by atoms with Crippen molar-refractivity contribution in [2.45, 2.75) is 44.2 Å². The molecule has 4 rings (SSSR count). The van der Waals surface area contributed by atoms with Crippen molar-refractivity contribution in [2.75, 3.05) is 20.0 Å². The Hall–Kier alpha value is -3.81. The summed E-state index contributed by atoms with van der Waals surface area (Å²) in [6.07, 6.45) is 7.90. The van der Waals surface area contributed by atoms with Gasteiger partial charge in [-0.05, 0) is 79.4 Å². The first-order valence-corrected chi connectivity index (χ1v) is 11.2. The molecule has 0 fully saturated rings.